The fourth-order valence-corrected chi connectivity index (χ4v) is 3.64. The van der Waals surface area contributed by atoms with Crippen molar-refractivity contribution in [1.82, 2.24) is 9.97 Å². The van der Waals surface area contributed by atoms with Gasteiger partial charge in [0.1, 0.15) is 5.75 Å². The van der Waals surface area contributed by atoms with Gasteiger partial charge in [-0.25, -0.2) is 9.97 Å². The molecule has 144 valence electrons. The number of fused-ring (bicyclic) bond motifs is 2. The van der Waals surface area contributed by atoms with Gasteiger partial charge in [-0.1, -0.05) is 29.8 Å². The summed E-state index contributed by atoms with van der Waals surface area (Å²) >= 11 is 0. The zero-order valence-corrected chi connectivity index (χ0v) is 16.5. The first kappa shape index (κ1) is 18.2. The molecule has 1 aliphatic heterocycles. The van der Waals surface area contributed by atoms with Gasteiger partial charge in [0.05, 0.1) is 24.6 Å². The maximum absolute atomic E-state index is 13.3. The number of hydrogen-bond donors (Lipinski definition) is 0. The molecule has 0 fully saturated rings. The summed E-state index contributed by atoms with van der Waals surface area (Å²) < 4.78 is 5.45. The molecule has 3 aromatic rings. The van der Waals surface area contributed by atoms with E-state index in [0.29, 0.717) is 12.4 Å². The number of amides is 1. The zero-order chi connectivity index (χ0) is 19.7. The van der Waals surface area contributed by atoms with Gasteiger partial charge in [0.25, 0.3) is 0 Å². The van der Waals surface area contributed by atoms with E-state index in [1.807, 2.05) is 56.4 Å². The number of hydrogen-bond acceptors (Lipinski definition) is 5. The highest BCUT2D eigenvalue weighted by Gasteiger charge is 2.27. The highest BCUT2D eigenvalue weighted by molar-refractivity contribution is 5.98. The molecular weight excluding hydrogens is 352 g/mol. The predicted octanol–water partition coefficient (Wildman–Crippen LogP) is 3.36. The minimum Gasteiger partial charge on any atom is -0.496 e. The molecule has 1 aromatic heterocycles. The monoisotopic (exact) mass is 376 g/mol. The van der Waals surface area contributed by atoms with Crippen LogP contribution in [0.2, 0.25) is 0 Å². The summed E-state index contributed by atoms with van der Waals surface area (Å²) in [5.41, 5.74) is 3.62. The molecule has 2 aromatic carbocycles. The van der Waals surface area contributed by atoms with Crippen LogP contribution in [-0.2, 0) is 11.2 Å². The number of nitrogens with zero attached hydrogens (tertiary/aromatic N) is 4. The normalized spacial score (nSPS) is 14.0. The maximum Gasteiger partial charge on any atom is 0.232 e. The number of aryl methyl sites for hydroxylation is 1. The molecule has 0 spiro atoms. The molecule has 28 heavy (non-hydrogen) atoms. The Balaban J connectivity index is 1.74. The first-order chi connectivity index (χ1) is 13.6. The summed E-state index contributed by atoms with van der Waals surface area (Å²) in [6.45, 7) is 3.47. The Hall–Kier alpha value is -3.15. The first-order valence-corrected chi connectivity index (χ1v) is 9.48. The summed E-state index contributed by atoms with van der Waals surface area (Å²) in [7, 11) is 3.63. The lowest BCUT2D eigenvalue weighted by Crippen LogP contribution is -2.33. The van der Waals surface area contributed by atoms with Gasteiger partial charge in [0.2, 0.25) is 5.91 Å². The second-order valence-corrected chi connectivity index (χ2v) is 7.17. The van der Waals surface area contributed by atoms with Crippen molar-refractivity contribution in [3.63, 3.8) is 0 Å². The Kier molecular flexibility index (Phi) is 4.86. The van der Waals surface area contributed by atoms with E-state index >= 15 is 0 Å². The van der Waals surface area contributed by atoms with Crippen LogP contribution in [0.3, 0.4) is 0 Å². The van der Waals surface area contributed by atoms with Crippen molar-refractivity contribution in [2.24, 2.45) is 0 Å². The fraction of sp³-hybridized carbons (Fsp3) is 0.318. The average Bonchev–Trinajstić information content (AvgIpc) is 2.85. The van der Waals surface area contributed by atoms with E-state index in [1.165, 1.54) is 0 Å². The van der Waals surface area contributed by atoms with E-state index in [0.717, 1.165) is 46.7 Å². The Bertz CT molecular complexity index is 1030. The van der Waals surface area contributed by atoms with Crippen LogP contribution in [0.15, 0.2) is 42.5 Å². The van der Waals surface area contributed by atoms with Crippen molar-refractivity contribution in [3.05, 3.63) is 53.6 Å². The molecular formula is C22H24N4O2. The second-order valence-electron chi connectivity index (χ2n) is 7.17. The number of methoxy groups -OCH3 is 1. The number of ether oxygens (including phenoxy) is 1. The molecule has 2 heterocycles. The van der Waals surface area contributed by atoms with Crippen LogP contribution < -0.4 is 14.5 Å². The minimum atomic E-state index is 0.00466. The number of anilines is 2. The van der Waals surface area contributed by atoms with Crippen LogP contribution in [0.5, 0.6) is 5.75 Å². The lowest BCUT2D eigenvalue weighted by atomic mass is 10.1. The van der Waals surface area contributed by atoms with Crippen LogP contribution in [-0.4, -0.2) is 43.1 Å². The Labute approximate surface area is 164 Å². The van der Waals surface area contributed by atoms with Crippen LogP contribution in [0.4, 0.5) is 11.6 Å². The van der Waals surface area contributed by atoms with Gasteiger partial charge < -0.3 is 9.64 Å². The third-order valence-electron chi connectivity index (χ3n) is 5.11. The molecule has 0 N–H and O–H groups in total. The van der Waals surface area contributed by atoms with Crippen molar-refractivity contribution >= 4 is 28.6 Å². The molecule has 0 unspecified atom stereocenters. The number of rotatable bonds is 3. The van der Waals surface area contributed by atoms with Gasteiger partial charge in [0.15, 0.2) is 11.6 Å². The average molecular weight is 376 g/mol. The lowest BCUT2D eigenvalue weighted by Gasteiger charge is -2.23. The second kappa shape index (κ2) is 7.46. The summed E-state index contributed by atoms with van der Waals surface area (Å²) in [4.78, 5) is 26.7. The van der Waals surface area contributed by atoms with Crippen molar-refractivity contribution < 1.29 is 9.53 Å². The number of benzene rings is 2. The van der Waals surface area contributed by atoms with E-state index in [2.05, 4.69) is 4.90 Å². The van der Waals surface area contributed by atoms with Crippen molar-refractivity contribution in [3.8, 4) is 5.75 Å². The first-order valence-electron chi connectivity index (χ1n) is 9.48. The SMILES string of the molecule is COc1ccc(C)cc1CC(=O)N1CCCN(C)c2nc3ccccc3nc21. The third kappa shape index (κ3) is 3.38. The van der Waals surface area contributed by atoms with Crippen molar-refractivity contribution in [2.75, 3.05) is 37.0 Å². The molecule has 0 atom stereocenters. The predicted molar refractivity (Wildman–Crippen MR) is 111 cm³/mol. The largest absolute Gasteiger partial charge is 0.496 e. The molecule has 0 saturated heterocycles. The molecule has 0 aliphatic carbocycles. The summed E-state index contributed by atoms with van der Waals surface area (Å²) in [5, 5.41) is 0. The molecule has 6 heteroatoms. The topological polar surface area (TPSA) is 58.6 Å². The lowest BCUT2D eigenvalue weighted by molar-refractivity contribution is -0.118. The van der Waals surface area contributed by atoms with Gasteiger partial charge in [-0.15, -0.1) is 0 Å². The van der Waals surface area contributed by atoms with Crippen LogP contribution in [0.1, 0.15) is 17.5 Å². The smallest absolute Gasteiger partial charge is 0.232 e. The van der Waals surface area contributed by atoms with Crippen LogP contribution in [0.25, 0.3) is 11.0 Å². The molecule has 6 nitrogen and oxygen atoms in total. The summed E-state index contributed by atoms with van der Waals surface area (Å²) in [6, 6.07) is 13.7. The van der Waals surface area contributed by atoms with Gasteiger partial charge in [0, 0.05) is 25.7 Å². The number of para-hydroxylation sites is 2. The molecule has 4 rings (SSSR count). The van der Waals surface area contributed by atoms with E-state index in [1.54, 1.807) is 12.0 Å². The Morgan fingerprint density at radius 3 is 2.50 bits per heavy atom. The fourth-order valence-electron chi connectivity index (χ4n) is 3.64. The third-order valence-corrected chi connectivity index (χ3v) is 5.11. The maximum atomic E-state index is 13.3. The summed E-state index contributed by atoms with van der Waals surface area (Å²) in [5.74, 6) is 2.12. The van der Waals surface area contributed by atoms with Crippen LogP contribution >= 0.6 is 0 Å². The van der Waals surface area contributed by atoms with Gasteiger partial charge in [-0.05, 0) is 31.5 Å². The number of aromatic nitrogens is 2. The summed E-state index contributed by atoms with van der Waals surface area (Å²) in [6.07, 6.45) is 1.13. The zero-order valence-electron chi connectivity index (χ0n) is 16.5. The highest BCUT2D eigenvalue weighted by atomic mass is 16.5. The molecule has 1 aliphatic rings. The van der Waals surface area contributed by atoms with Gasteiger partial charge in [-0.3, -0.25) is 9.69 Å². The van der Waals surface area contributed by atoms with E-state index in [9.17, 15) is 4.79 Å². The van der Waals surface area contributed by atoms with Crippen molar-refractivity contribution in [1.29, 1.82) is 0 Å². The Morgan fingerprint density at radius 2 is 1.79 bits per heavy atom. The number of carbonyl (C=O) groups is 1. The highest BCUT2D eigenvalue weighted by Crippen LogP contribution is 2.31. The Morgan fingerprint density at radius 1 is 1.07 bits per heavy atom. The molecule has 0 bridgehead atoms. The van der Waals surface area contributed by atoms with Gasteiger partial charge in [-0.2, -0.15) is 0 Å². The molecule has 0 radical (unpaired) electrons. The standard InChI is InChI=1S/C22H24N4O2/c1-15-9-10-19(28-3)16(13-15)14-20(27)26-12-6-11-25(2)21-22(26)24-18-8-5-4-7-17(18)23-21/h4-5,7-10,13H,6,11-12,14H2,1-3H3. The van der Waals surface area contributed by atoms with Crippen LogP contribution in [0, 0.1) is 6.92 Å². The van der Waals surface area contributed by atoms with Crippen molar-refractivity contribution in [2.45, 2.75) is 19.8 Å². The molecule has 1 amide bonds. The van der Waals surface area contributed by atoms with E-state index < -0.39 is 0 Å². The molecule has 0 saturated carbocycles. The number of carbonyl (C=O) groups excluding carboxylic acids is 1. The van der Waals surface area contributed by atoms with E-state index in [4.69, 9.17) is 14.7 Å². The quantitative estimate of drug-likeness (QED) is 0.702. The van der Waals surface area contributed by atoms with E-state index in [-0.39, 0.29) is 12.3 Å². The minimum absolute atomic E-state index is 0.00466. The van der Waals surface area contributed by atoms with Gasteiger partial charge >= 0.3 is 0 Å².